The smallest absolute Gasteiger partial charge is 0.161 e. The van der Waals surface area contributed by atoms with E-state index >= 15 is 0 Å². The normalized spacial score (nSPS) is 10.0. The summed E-state index contributed by atoms with van der Waals surface area (Å²) in [6.45, 7) is 1.11. The summed E-state index contributed by atoms with van der Waals surface area (Å²) in [5.74, 6) is 2.20. The van der Waals surface area contributed by atoms with Gasteiger partial charge in [-0.15, -0.1) is 0 Å². The monoisotopic (exact) mass is 307 g/mol. The van der Waals surface area contributed by atoms with Crippen LogP contribution >= 0.6 is 11.6 Å². The van der Waals surface area contributed by atoms with Crippen molar-refractivity contribution in [1.29, 1.82) is 0 Å². The molecule has 0 aliphatic carbocycles. The minimum absolute atomic E-state index is 0.494. The third-order valence-corrected chi connectivity index (χ3v) is 3.25. The number of halogens is 1. The van der Waals surface area contributed by atoms with E-state index in [1.165, 1.54) is 0 Å². The van der Waals surface area contributed by atoms with Crippen molar-refractivity contribution in [2.45, 2.75) is 0 Å². The predicted octanol–water partition coefficient (Wildman–Crippen LogP) is 3.85. The van der Waals surface area contributed by atoms with Gasteiger partial charge >= 0.3 is 0 Å². The molecule has 0 saturated carbocycles. The van der Waals surface area contributed by atoms with Gasteiger partial charge in [0, 0.05) is 12.6 Å². The van der Waals surface area contributed by atoms with Crippen molar-refractivity contribution in [1.82, 2.24) is 0 Å². The fraction of sp³-hybridized carbons (Fsp3) is 0.250. The van der Waals surface area contributed by atoms with Crippen LogP contribution < -0.4 is 19.5 Å². The summed E-state index contributed by atoms with van der Waals surface area (Å²) in [5, 5.41) is 3.86. The molecule has 0 aromatic heterocycles. The van der Waals surface area contributed by atoms with Gasteiger partial charge in [0.05, 0.1) is 24.9 Å². The van der Waals surface area contributed by atoms with Crippen molar-refractivity contribution in [3.8, 4) is 17.2 Å². The largest absolute Gasteiger partial charge is 0.497 e. The lowest BCUT2D eigenvalue weighted by Gasteiger charge is -2.12. The van der Waals surface area contributed by atoms with Crippen molar-refractivity contribution in [3.05, 3.63) is 47.5 Å². The van der Waals surface area contributed by atoms with Crippen molar-refractivity contribution in [2.24, 2.45) is 0 Å². The molecule has 0 aliphatic rings. The molecule has 2 aromatic rings. The molecule has 2 rings (SSSR count). The van der Waals surface area contributed by atoms with Crippen LogP contribution in [0.2, 0.25) is 5.02 Å². The van der Waals surface area contributed by atoms with Crippen LogP contribution in [0.15, 0.2) is 42.5 Å². The van der Waals surface area contributed by atoms with Gasteiger partial charge in [-0.2, -0.15) is 0 Å². The Bertz CT molecular complexity index is 589. The van der Waals surface area contributed by atoms with Gasteiger partial charge in [0.15, 0.2) is 11.5 Å². The van der Waals surface area contributed by atoms with E-state index < -0.39 is 0 Å². The molecule has 1 N–H and O–H groups in total. The Morgan fingerprint density at radius 1 is 1.00 bits per heavy atom. The molecule has 0 radical (unpaired) electrons. The van der Waals surface area contributed by atoms with Crippen LogP contribution in [-0.4, -0.2) is 27.4 Å². The molecule has 4 nitrogen and oxygen atoms in total. The summed E-state index contributed by atoms with van der Waals surface area (Å²) in [5.41, 5.74) is 0.819. The van der Waals surface area contributed by atoms with Gasteiger partial charge in [0.1, 0.15) is 12.4 Å². The highest BCUT2D eigenvalue weighted by molar-refractivity contribution is 6.33. The first-order chi connectivity index (χ1) is 10.2. The van der Waals surface area contributed by atoms with Gasteiger partial charge in [-0.1, -0.05) is 23.7 Å². The SMILES string of the molecule is COc1ccc(Cl)c(NCCOc2ccccc2OC)c1. The van der Waals surface area contributed by atoms with Gasteiger partial charge in [-0.3, -0.25) is 0 Å². The van der Waals surface area contributed by atoms with Crippen molar-refractivity contribution in [3.63, 3.8) is 0 Å². The molecule has 0 unspecified atom stereocenters. The quantitative estimate of drug-likeness (QED) is 0.789. The van der Waals surface area contributed by atoms with E-state index in [4.69, 9.17) is 25.8 Å². The van der Waals surface area contributed by atoms with E-state index in [0.717, 1.165) is 22.9 Å². The van der Waals surface area contributed by atoms with Crippen LogP contribution in [0.1, 0.15) is 0 Å². The third-order valence-electron chi connectivity index (χ3n) is 2.92. The summed E-state index contributed by atoms with van der Waals surface area (Å²) in [4.78, 5) is 0. The van der Waals surface area contributed by atoms with Gasteiger partial charge < -0.3 is 19.5 Å². The maximum absolute atomic E-state index is 6.12. The summed E-state index contributed by atoms with van der Waals surface area (Å²) in [7, 11) is 3.24. The van der Waals surface area contributed by atoms with Crippen LogP contribution in [0.3, 0.4) is 0 Å². The lowest BCUT2D eigenvalue weighted by Crippen LogP contribution is -2.12. The topological polar surface area (TPSA) is 39.7 Å². The zero-order valence-electron chi connectivity index (χ0n) is 12.1. The second-order valence-electron chi connectivity index (χ2n) is 4.27. The van der Waals surface area contributed by atoms with E-state index in [0.29, 0.717) is 18.2 Å². The molecule has 0 bridgehead atoms. The Morgan fingerprint density at radius 3 is 2.48 bits per heavy atom. The lowest BCUT2D eigenvalue weighted by atomic mass is 10.3. The Labute approximate surface area is 129 Å². The molecule has 2 aromatic carbocycles. The number of methoxy groups -OCH3 is 2. The number of rotatable bonds is 7. The van der Waals surface area contributed by atoms with Crippen LogP contribution in [-0.2, 0) is 0 Å². The number of hydrogen-bond acceptors (Lipinski definition) is 4. The molecule has 21 heavy (non-hydrogen) atoms. The fourth-order valence-electron chi connectivity index (χ4n) is 1.85. The third kappa shape index (κ3) is 4.20. The molecule has 112 valence electrons. The standard InChI is InChI=1S/C16H18ClNO3/c1-19-12-7-8-13(17)14(11-12)18-9-10-21-16-6-4-3-5-15(16)20-2/h3-8,11,18H,9-10H2,1-2H3. The van der Waals surface area contributed by atoms with Gasteiger partial charge in [-0.25, -0.2) is 0 Å². The van der Waals surface area contributed by atoms with Crippen molar-refractivity contribution in [2.75, 3.05) is 32.7 Å². The van der Waals surface area contributed by atoms with Crippen molar-refractivity contribution >= 4 is 17.3 Å². The Kier molecular flexibility index (Phi) is 5.58. The fourth-order valence-corrected chi connectivity index (χ4v) is 2.04. The first-order valence-electron chi connectivity index (χ1n) is 6.58. The second kappa shape index (κ2) is 7.64. The molecular weight excluding hydrogens is 290 g/mol. The Balaban J connectivity index is 1.87. The zero-order valence-corrected chi connectivity index (χ0v) is 12.8. The number of anilines is 1. The number of benzene rings is 2. The molecule has 0 aliphatic heterocycles. The first kappa shape index (κ1) is 15.3. The summed E-state index contributed by atoms with van der Waals surface area (Å²) < 4.78 is 16.1. The minimum atomic E-state index is 0.494. The zero-order chi connectivity index (χ0) is 15.1. The van der Waals surface area contributed by atoms with Crippen molar-refractivity contribution < 1.29 is 14.2 Å². The predicted molar refractivity (Wildman–Crippen MR) is 85.0 cm³/mol. The van der Waals surface area contributed by atoms with E-state index in [9.17, 15) is 0 Å². The Morgan fingerprint density at radius 2 is 1.76 bits per heavy atom. The molecule has 0 fully saturated rings. The van der Waals surface area contributed by atoms with Crippen LogP contribution in [0.25, 0.3) is 0 Å². The molecule has 0 heterocycles. The van der Waals surface area contributed by atoms with Gasteiger partial charge in [0.25, 0.3) is 0 Å². The molecule has 0 saturated heterocycles. The minimum Gasteiger partial charge on any atom is -0.497 e. The summed E-state index contributed by atoms with van der Waals surface area (Å²) in [6.07, 6.45) is 0. The number of hydrogen-bond donors (Lipinski definition) is 1. The molecule has 0 atom stereocenters. The average molecular weight is 308 g/mol. The summed E-state index contributed by atoms with van der Waals surface area (Å²) >= 11 is 6.12. The highest BCUT2D eigenvalue weighted by atomic mass is 35.5. The van der Waals surface area contributed by atoms with Gasteiger partial charge in [0.2, 0.25) is 0 Å². The van der Waals surface area contributed by atoms with E-state index in [-0.39, 0.29) is 0 Å². The first-order valence-corrected chi connectivity index (χ1v) is 6.95. The van der Waals surface area contributed by atoms with Crippen LogP contribution in [0.4, 0.5) is 5.69 Å². The second-order valence-corrected chi connectivity index (χ2v) is 4.68. The lowest BCUT2D eigenvalue weighted by molar-refractivity contribution is 0.306. The average Bonchev–Trinajstić information content (AvgIpc) is 2.53. The van der Waals surface area contributed by atoms with Gasteiger partial charge in [-0.05, 0) is 24.3 Å². The molecule has 5 heteroatoms. The number of nitrogens with one attached hydrogen (secondary N) is 1. The Hall–Kier alpha value is -2.07. The molecule has 0 spiro atoms. The molecular formula is C16H18ClNO3. The highest BCUT2D eigenvalue weighted by Gasteiger charge is 2.04. The molecule has 0 amide bonds. The van der Waals surface area contributed by atoms with E-state index in [2.05, 4.69) is 5.32 Å². The number of para-hydroxylation sites is 2. The maximum atomic E-state index is 6.12. The van der Waals surface area contributed by atoms with E-state index in [1.54, 1.807) is 20.3 Å². The summed E-state index contributed by atoms with van der Waals surface area (Å²) in [6, 6.07) is 13.0. The van der Waals surface area contributed by atoms with Crippen LogP contribution in [0.5, 0.6) is 17.2 Å². The van der Waals surface area contributed by atoms with Crippen LogP contribution in [0, 0.1) is 0 Å². The maximum Gasteiger partial charge on any atom is 0.161 e. The highest BCUT2D eigenvalue weighted by Crippen LogP contribution is 2.27. The number of ether oxygens (including phenoxy) is 3. The van der Waals surface area contributed by atoms with E-state index in [1.807, 2.05) is 36.4 Å².